The Morgan fingerprint density at radius 2 is 1.82 bits per heavy atom. The number of aromatic nitrogens is 1. The highest BCUT2D eigenvalue weighted by atomic mass is 32.1. The molecule has 0 aliphatic carbocycles. The summed E-state index contributed by atoms with van der Waals surface area (Å²) in [6, 6.07) is 2.15. The number of ether oxygens (including phenoxy) is 2. The molecular formula is C13H15NO2S. The minimum absolute atomic E-state index is 0.634. The van der Waals surface area contributed by atoms with Crippen LogP contribution in [0.15, 0.2) is 6.07 Å². The summed E-state index contributed by atoms with van der Waals surface area (Å²) < 4.78 is 11.4. The highest BCUT2D eigenvalue weighted by Crippen LogP contribution is 2.49. The van der Waals surface area contributed by atoms with E-state index >= 15 is 0 Å². The normalized spacial score (nSPS) is 14.1. The molecular weight excluding hydrogens is 234 g/mol. The van der Waals surface area contributed by atoms with Gasteiger partial charge in [-0.1, -0.05) is 0 Å². The van der Waals surface area contributed by atoms with Crippen molar-refractivity contribution in [2.45, 2.75) is 20.8 Å². The molecule has 0 spiro atoms. The first-order valence-electron chi connectivity index (χ1n) is 5.72. The summed E-state index contributed by atoms with van der Waals surface area (Å²) in [5.41, 5.74) is 3.58. The Hall–Kier alpha value is -1.42. The molecule has 1 aliphatic rings. The second-order valence-electron chi connectivity index (χ2n) is 4.35. The molecule has 3 heterocycles. The van der Waals surface area contributed by atoms with Gasteiger partial charge in [0.05, 0.1) is 10.6 Å². The summed E-state index contributed by atoms with van der Waals surface area (Å²) >= 11 is 1.73. The predicted octanol–water partition coefficient (Wildman–Crippen LogP) is 3.44. The van der Waals surface area contributed by atoms with Crippen LogP contribution in [0.3, 0.4) is 0 Å². The van der Waals surface area contributed by atoms with Crippen molar-refractivity contribution in [2.24, 2.45) is 0 Å². The Balaban J connectivity index is 2.18. The molecule has 90 valence electrons. The van der Waals surface area contributed by atoms with Gasteiger partial charge >= 0.3 is 0 Å². The molecule has 2 aromatic rings. The molecule has 17 heavy (non-hydrogen) atoms. The largest absolute Gasteiger partial charge is 0.485 e. The van der Waals surface area contributed by atoms with E-state index in [2.05, 4.69) is 31.8 Å². The number of rotatable bonds is 1. The summed E-state index contributed by atoms with van der Waals surface area (Å²) in [7, 11) is 0. The molecule has 0 amide bonds. The maximum atomic E-state index is 5.76. The number of fused-ring (bicyclic) bond motifs is 1. The van der Waals surface area contributed by atoms with Gasteiger partial charge in [0.2, 0.25) is 0 Å². The fourth-order valence-corrected chi connectivity index (χ4v) is 3.33. The van der Waals surface area contributed by atoms with E-state index in [1.54, 1.807) is 11.3 Å². The van der Waals surface area contributed by atoms with Crippen LogP contribution in [0.5, 0.6) is 11.5 Å². The Kier molecular flexibility index (Phi) is 2.40. The van der Waals surface area contributed by atoms with E-state index in [0.29, 0.717) is 13.2 Å². The van der Waals surface area contributed by atoms with Crippen LogP contribution in [0, 0.1) is 20.8 Å². The third-order valence-corrected chi connectivity index (χ3v) is 4.03. The second kappa shape index (κ2) is 3.81. The third kappa shape index (κ3) is 1.63. The molecule has 0 radical (unpaired) electrons. The molecule has 0 saturated carbocycles. The molecule has 1 N–H and O–H groups in total. The molecule has 0 unspecified atom stereocenters. The fraction of sp³-hybridized carbons (Fsp3) is 0.385. The minimum atomic E-state index is 0.634. The molecule has 0 fully saturated rings. The van der Waals surface area contributed by atoms with Gasteiger partial charge in [-0.25, -0.2) is 0 Å². The predicted molar refractivity (Wildman–Crippen MR) is 69.3 cm³/mol. The van der Waals surface area contributed by atoms with E-state index in [0.717, 1.165) is 22.1 Å². The van der Waals surface area contributed by atoms with E-state index in [-0.39, 0.29) is 0 Å². The smallest absolute Gasteiger partial charge is 0.181 e. The van der Waals surface area contributed by atoms with Crippen LogP contribution >= 0.6 is 11.3 Å². The lowest BCUT2D eigenvalue weighted by molar-refractivity contribution is 0.173. The summed E-state index contributed by atoms with van der Waals surface area (Å²) in [4.78, 5) is 5.74. The number of H-pyrrole nitrogens is 1. The van der Waals surface area contributed by atoms with Crippen LogP contribution < -0.4 is 9.47 Å². The van der Waals surface area contributed by atoms with E-state index in [9.17, 15) is 0 Å². The molecule has 3 nitrogen and oxygen atoms in total. The highest BCUT2D eigenvalue weighted by molar-refractivity contribution is 7.16. The number of nitrogens with one attached hydrogen (secondary N) is 1. The first-order valence-corrected chi connectivity index (χ1v) is 6.54. The van der Waals surface area contributed by atoms with Crippen LogP contribution in [0.4, 0.5) is 0 Å². The molecule has 0 saturated heterocycles. The van der Waals surface area contributed by atoms with Gasteiger partial charge in [-0.3, -0.25) is 0 Å². The second-order valence-corrected chi connectivity index (χ2v) is 5.58. The van der Waals surface area contributed by atoms with Crippen LogP contribution in [0.25, 0.3) is 10.6 Å². The van der Waals surface area contributed by atoms with Crippen molar-refractivity contribution in [3.8, 4) is 22.1 Å². The van der Waals surface area contributed by atoms with Crippen molar-refractivity contribution in [3.05, 3.63) is 22.2 Å². The highest BCUT2D eigenvalue weighted by Gasteiger charge is 2.24. The molecule has 3 rings (SSSR count). The first kappa shape index (κ1) is 10.7. The zero-order valence-electron chi connectivity index (χ0n) is 10.2. The SMILES string of the molecule is Cc1cc(C)c(-c2sc(C)c3c2OCCO3)[nH]1. The van der Waals surface area contributed by atoms with Gasteiger partial charge in [0.25, 0.3) is 0 Å². The van der Waals surface area contributed by atoms with Gasteiger partial charge in [-0.15, -0.1) is 11.3 Å². The van der Waals surface area contributed by atoms with Crippen LogP contribution in [-0.4, -0.2) is 18.2 Å². The maximum Gasteiger partial charge on any atom is 0.181 e. The number of aryl methyl sites for hydroxylation is 3. The molecule has 4 heteroatoms. The zero-order chi connectivity index (χ0) is 12.0. The van der Waals surface area contributed by atoms with E-state index in [1.165, 1.54) is 16.1 Å². The van der Waals surface area contributed by atoms with Gasteiger partial charge in [0.15, 0.2) is 11.5 Å². The van der Waals surface area contributed by atoms with E-state index in [1.807, 2.05) is 0 Å². The Morgan fingerprint density at radius 1 is 1.12 bits per heavy atom. The van der Waals surface area contributed by atoms with Gasteiger partial charge in [-0.05, 0) is 32.4 Å². The molecule has 2 aromatic heterocycles. The minimum Gasteiger partial charge on any atom is -0.485 e. The van der Waals surface area contributed by atoms with Gasteiger partial charge in [0, 0.05) is 10.6 Å². The summed E-state index contributed by atoms with van der Waals surface area (Å²) in [5.74, 6) is 1.83. The molecule has 0 aromatic carbocycles. The lowest BCUT2D eigenvalue weighted by atomic mass is 10.2. The van der Waals surface area contributed by atoms with Gasteiger partial charge < -0.3 is 14.5 Å². The van der Waals surface area contributed by atoms with Crippen molar-refractivity contribution in [2.75, 3.05) is 13.2 Å². The number of aromatic amines is 1. The Labute approximate surface area is 104 Å². The van der Waals surface area contributed by atoms with Crippen LogP contribution in [0.1, 0.15) is 16.1 Å². The van der Waals surface area contributed by atoms with E-state index in [4.69, 9.17) is 9.47 Å². The standard InChI is InChI=1S/C13H15NO2S/c1-7-6-8(2)14-10(7)13-12-11(9(3)17-13)15-4-5-16-12/h6,14H,4-5H2,1-3H3. The average Bonchev–Trinajstić information content (AvgIpc) is 2.80. The van der Waals surface area contributed by atoms with Crippen molar-refractivity contribution in [1.82, 2.24) is 4.98 Å². The zero-order valence-corrected chi connectivity index (χ0v) is 11.0. The molecule has 1 aliphatic heterocycles. The summed E-state index contributed by atoms with van der Waals surface area (Å²) in [6.45, 7) is 7.54. The van der Waals surface area contributed by atoms with Crippen molar-refractivity contribution < 1.29 is 9.47 Å². The van der Waals surface area contributed by atoms with Crippen molar-refractivity contribution >= 4 is 11.3 Å². The third-order valence-electron chi connectivity index (χ3n) is 2.94. The lowest BCUT2D eigenvalue weighted by Crippen LogP contribution is -2.14. The molecule has 0 bridgehead atoms. The Bertz CT molecular complexity index is 568. The van der Waals surface area contributed by atoms with Gasteiger partial charge in [-0.2, -0.15) is 0 Å². The monoisotopic (exact) mass is 249 g/mol. The Morgan fingerprint density at radius 3 is 2.47 bits per heavy atom. The number of hydrogen-bond acceptors (Lipinski definition) is 3. The molecule has 0 atom stereocenters. The lowest BCUT2D eigenvalue weighted by Gasteiger charge is -2.16. The van der Waals surface area contributed by atoms with Crippen LogP contribution in [-0.2, 0) is 0 Å². The summed E-state index contributed by atoms with van der Waals surface area (Å²) in [5, 5.41) is 0. The number of thiophene rings is 1. The van der Waals surface area contributed by atoms with E-state index < -0.39 is 0 Å². The van der Waals surface area contributed by atoms with Gasteiger partial charge in [0.1, 0.15) is 13.2 Å². The van der Waals surface area contributed by atoms with Crippen LogP contribution in [0.2, 0.25) is 0 Å². The quantitative estimate of drug-likeness (QED) is 0.840. The number of hydrogen-bond donors (Lipinski definition) is 1. The maximum absolute atomic E-state index is 5.76. The van der Waals surface area contributed by atoms with Crippen molar-refractivity contribution in [1.29, 1.82) is 0 Å². The van der Waals surface area contributed by atoms with Crippen molar-refractivity contribution in [3.63, 3.8) is 0 Å². The first-order chi connectivity index (χ1) is 8.16. The fourth-order valence-electron chi connectivity index (χ4n) is 2.22. The summed E-state index contributed by atoms with van der Waals surface area (Å²) in [6.07, 6.45) is 0. The average molecular weight is 249 g/mol. The topological polar surface area (TPSA) is 34.2 Å².